The zero-order chi connectivity index (χ0) is 24.0. The molecule has 0 aliphatic rings. The van der Waals surface area contributed by atoms with Crippen molar-refractivity contribution in [3.05, 3.63) is 48.5 Å². The van der Waals surface area contributed by atoms with Crippen molar-refractivity contribution in [3.63, 3.8) is 0 Å². The number of nitrogens with one attached hydrogen (secondary N) is 2. The number of methoxy groups -OCH3 is 2. The number of halogens is 3. The number of carboxylic acid groups (broad SMARTS) is 1. The maximum Gasteiger partial charge on any atom is 0.573 e. The molecule has 174 valence electrons. The van der Waals surface area contributed by atoms with Crippen LogP contribution in [0.3, 0.4) is 0 Å². The number of aliphatic carboxylic acids is 1. The second kappa shape index (κ2) is 9.94. The second-order valence-corrected chi connectivity index (χ2v) is 6.48. The minimum Gasteiger partial charge on any atom is -0.493 e. The van der Waals surface area contributed by atoms with E-state index in [1.807, 2.05) is 0 Å². The number of ether oxygens (including phenoxy) is 3. The monoisotopic (exact) mass is 464 g/mol. The first-order valence-electron chi connectivity index (χ1n) is 9.37. The highest BCUT2D eigenvalue weighted by atomic mass is 19.4. The third kappa shape index (κ3) is 6.63. The fourth-order valence-electron chi connectivity index (χ4n) is 2.81. The molecule has 0 fully saturated rings. The minimum absolute atomic E-state index is 0.0416. The van der Waals surface area contributed by atoms with Gasteiger partial charge in [-0.15, -0.1) is 13.2 Å². The first-order chi connectivity index (χ1) is 15.7. The summed E-state index contributed by atoms with van der Waals surface area (Å²) < 4.78 is 52.2. The quantitative estimate of drug-likeness (QED) is 0.426. The highest BCUT2D eigenvalue weighted by Gasteiger charge is 2.31. The van der Waals surface area contributed by atoms with E-state index in [2.05, 4.69) is 25.3 Å². The molecule has 0 saturated carbocycles. The summed E-state index contributed by atoms with van der Waals surface area (Å²) in [5.74, 6) is -0.385. The van der Waals surface area contributed by atoms with Crippen LogP contribution in [0.4, 0.5) is 30.6 Å². The smallest absolute Gasteiger partial charge is 0.493 e. The van der Waals surface area contributed by atoms with Crippen molar-refractivity contribution in [1.82, 2.24) is 9.97 Å². The van der Waals surface area contributed by atoms with Crippen molar-refractivity contribution >= 4 is 23.4 Å². The number of hydrogen-bond acceptors (Lipinski definition) is 8. The first-order valence-corrected chi connectivity index (χ1v) is 9.37. The molecule has 0 unspecified atom stereocenters. The van der Waals surface area contributed by atoms with Crippen molar-refractivity contribution < 1.29 is 37.3 Å². The van der Waals surface area contributed by atoms with Crippen LogP contribution in [0.1, 0.15) is 0 Å². The highest BCUT2D eigenvalue weighted by molar-refractivity contribution is 5.73. The molecule has 33 heavy (non-hydrogen) atoms. The van der Waals surface area contributed by atoms with E-state index in [0.29, 0.717) is 22.7 Å². The van der Waals surface area contributed by atoms with E-state index in [9.17, 15) is 18.0 Å². The van der Waals surface area contributed by atoms with Crippen molar-refractivity contribution in [2.24, 2.45) is 0 Å². The molecule has 1 aromatic heterocycles. The average Bonchev–Trinajstić information content (AvgIpc) is 2.76. The van der Waals surface area contributed by atoms with Gasteiger partial charge in [0.1, 0.15) is 18.1 Å². The predicted octanol–water partition coefficient (Wildman–Crippen LogP) is 4.30. The lowest BCUT2D eigenvalue weighted by atomic mass is 10.1. The van der Waals surface area contributed by atoms with Gasteiger partial charge in [-0.2, -0.15) is 4.98 Å². The van der Waals surface area contributed by atoms with Crippen LogP contribution in [0, 0.1) is 0 Å². The molecule has 0 radical (unpaired) electrons. The fraction of sp³-hybridized carbons (Fsp3) is 0.190. The van der Waals surface area contributed by atoms with Gasteiger partial charge in [-0.05, 0) is 24.3 Å². The summed E-state index contributed by atoms with van der Waals surface area (Å²) in [6, 6.07) is 11.8. The van der Waals surface area contributed by atoms with E-state index in [0.717, 1.165) is 12.1 Å². The summed E-state index contributed by atoms with van der Waals surface area (Å²) >= 11 is 0. The van der Waals surface area contributed by atoms with Crippen LogP contribution in [0.2, 0.25) is 0 Å². The Morgan fingerprint density at radius 1 is 1.03 bits per heavy atom. The lowest BCUT2D eigenvalue weighted by Crippen LogP contribution is -2.17. The number of aromatic nitrogens is 2. The van der Waals surface area contributed by atoms with Crippen molar-refractivity contribution in [3.8, 4) is 28.5 Å². The molecule has 2 aromatic carbocycles. The molecule has 0 amide bonds. The van der Waals surface area contributed by atoms with Gasteiger partial charge in [0.2, 0.25) is 5.95 Å². The Kier molecular flexibility index (Phi) is 7.06. The molecule has 12 heteroatoms. The van der Waals surface area contributed by atoms with Gasteiger partial charge in [-0.25, -0.2) is 4.98 Å². The molecule has 9 nitrogen and oxygen atoms in total. The molecule has 0 aliphatic carbocycles. The third-order valence-corrected chi connectivity index (χ3v) is 4.14. The topological polar surface area (TPSA) is 115 Å². The van der Waals surface area contributed by atoms with E-state index in [4.69, 9.17) is 14.6 Å². The van der Waals surface area contributed by atoms with E-state index in [-0.39, 0.29) is 17.5 Å². The summed E-state index contributed by atoms with van der Waals surface area (Å²) in [7, 11) is 2.98. The Labute approximate surface area is 186 Å². The Bertz CT molecular complexity index is 1140. The van der Waals surface area contributed by atoms with Crippen LogP contribution >= 0.6 is 0 Å². The number of rotatable bonds is 9. The number of alkyl halides is 3. The predicted molar refractivity (Wildman–Crippen MR) is 113 cm³/mol. The Balaban J connectivity index is 1.98. The van der Waals surface area contributed by atoms with Gasteiger partial charge in [0, 0.05) is 23.4 Å². The summed E-state index contributed by atoms with van der Waals surface area (Å²) in [6.45, 7) is -0.462. The lowest BCUT2D eigenvalue weighted by Gasteiger charge is -2.14. The average molecular weight is 464 g/mol. The molecule has 3 rings (SSSR count). The summed E-state index contributed by atoms with van der Waals surface area (Å²) in [5, 5.41) is 14.5. The Morgan fingerprint density at radius 3 is 2.45 bits per heavy atom. The van der Waals surface area contributed by atoms with Gasteiger partial charge in [0.15, 0.2) is 11.5 Å². The van der Waals surface area contributed by atoms with Crippen LogP contribution in [0.25, 0.3) is 11.3 Å². The van der Waals surface area contributed by atoms with Gasteiger partial charge in [-0.1, -0.05) is 12.1 Å². The van der Waals surface area contributed by atoms with E-state index in [1.54, 1.807) is 18.2 Å². The standard InChI is InChI=1S/C21H19F3N4O5/c1-31-16-7-6-13(9-17(16)32-2)26-18-10-15(27-20(28-18)25-11-19(29)30)12-4-3-5-14(8-12)33-21(22,23)24/h3-10H,11H2,1-2H3,(H,29,30)(H2,25,26,27,28). The molecule has 0 bridgehead atoms. The van der Waals surface area contributed by atoms with Crippen LogP contribution in [0.15, 0.2) is 48.5 Å². The molecule has 0 saturated heterocycles. The summed E-state index contributed by atoms with van der Waals surface area (Å²) in [5.41, 5.74) is 1.09. The number of carbonyl (C=O) groups is 1. The van der Waals surface area contributed by atoms with Crippen LogP contribution in [0.5, 0.6) is 17.2 Å². The fourth-order valence-corrected chi connectivity index (χ4v) is 2.81. The van der Waals surface area contributed by atoms with Crippen LogP contribution in [-0.4, -0.2) is 48.2 Å². The SMILES string of the molecule is COc1ccc(Nc2cc(-c3cccc(OC(F)(F)F)c3)nc(NCC(=O)O)n2)cc1OC. The van der Waals surface area contributed by atoms with Gasteiger partial charge in [0.05, 0.1) is 19.9 Å². The number of hydrogen-bond donors (Lipinski definition) is 3. The zero-order valence-corrected chi connectivity index (χ0v) is 17.4. The normalized spacial score (nSPS) is 10.9. The largest absolute Gasteiger partial charge is 0.573 e. The second-order valence-electron chi connectivity index (χ2n) is 6.48. The van der Waals surface area contributed by atoms with Crippen molar-refractivity contribution in [1.29, 1.82) is 0 Å². The third-order valence-electron chi connectivity index (χ3n) is 4.14. The molecule has 0 spiro atoms. The van der Waals surface area contributed by atoms with Crippen molar-refractivity contribution in [2.45, 2.75) is 6.36 Å². The van der Waals surface area contributed by atoms with Gasteiger partial charge in [0.25, 0.3) is 0 Å². The highest BCUT2D eigenvalue weighted by Crippen LogP contribution is 2.32. The van der Waals surface area contributed by atoms with Crippen LogP contribution < -0.4 is 24.8 Å². The molecule has 3 aromatic rings. The van der Waals surface area contributed by atoms with Crippen LogP contribution in [-0.2, 0) is 4.79 Å². The molecule has 1 heterocycles. The Morgan fingerprint density at radius 2 is 1.79 bits per heavy atom. The van der Waals surface area contributed by atoms with Crippen molar-refractivity contribution in [2.75, 3.05) is 31.4 Å². The van der Waals surface area contributed by atoms with Gasteiger partial charge < -0.3 is 30.0 Å². The Hall–Kier alpha value is -4.22. The molecule has 0 aliphatic heterocycles. The van der Waals surface area contributed by atoms with E-state index >= 15 is 0 Å². The number of carboxylic acids is 1. The molecular weight excluding hydrogens is 445 g/mol. The van der Waals surface area contributed by atoms with Gasteiger partial charge >= 0.3 is 12.3 Å². The number of nitrogens with zero attached hydrogens (tertiary/aromatic N) is 2. The molecule has 0 atom stereocenters. The molecule has 3 N–H and O–H groups in total. The van der Waals surface area contributed by atoms with Gasteiger partial charge in [-0.3, -0.25) is 4.79 Å². The lowest BCUT2D eigenvalue weighted by molar-refractivity contribution is -0.274. The first kappa shape index (κ1) is 23.4. The minimum atomic E-state index is -4.85. The summed E-state index contributed by atoms with van der Waals surface area (Å²) in [4.78, 5) is 19.4. The number of benzene rings is 2. The van der Waals surface area contributed by atoms with E-state index < -0.39 is 24.6 Å². The summed E-state index contributed by atoms with van der Waals surface area (Å²) in [6.07, 6.45) is -4.85. The number of anilines is 3. The van der Waals surface area contributed by atoms with E-state index in [1.165, 1.54) is 32.4 Å². The maximum absolute atomic E-state index is 12.6. The zero-order valence-electron chi connectivity index (χ0n) is 17.4. The maximum atomic E-state index is 12.6. The molecular formula is C21H19F3N4O5.